The first-order valence-corrected chi connectivity index (χ1v) is 7.59. The topological polar surface area (TPSA) is 54.9 Å². The zero-order chi connectivity index (χ0) is 16.2. The number of guanidine groups is 1. The van der Waals surface area contributed by atoms with Crippen LogP contribution in [0.1, 0.15) is 25.8 Å². The van der Waals surface area contributed by atoms with Crippen molar-refractivity contribution in [3.05, 3.63) is 35.9 Å². The van der Waals surface area contributed by atoms with Gasteiger partial charge in [0.05, 0.1) is 20.8 Å². The Morgan fingerprint density at radius 1 is 1.23 bits per heavy atom. The molecule has 0 radical (unpaired) electrons. The van der Waals surface area contributed by atoms with Gasteiger partial charge in [-0.05, 0) is 32.4 Å². The molecule has 0 heterocycles. The van der Waals surface area contributed by atoms with Gasteiger partial charge in [0.15, 0.2) is 5.96 Å². The van der Waals surface area contributed by atoms with Crippen molar-refractivity contribution in [2.24, 2.45) is 4.99 Å². The molecule has 0 atom stereocenters. The molecule has 0 unspecified atom stereocenters. The second-order valence-corrected chi connectivity index (χ2v) is 4.66. The Hall–Kier alpha value is -2.17. The predicted octanol–water partition coefficient (Wildman–Crippen LogP) is 2.73. The van der Waals surface area contributed by atoms with Crippen LogP contribution in [0.2, 0.25) is 0 Å². The van der Waals surface area contributed by atoms with Crippen molar-refractivity contribution in [3.8, 4) is 11.5 Å². The summed E-state index contributed by atoms with van der Waals surface area (Å²) >= 11 is 0. The lowest BCUT2D eigenvalue weighted by molar-refractivity contribution is 0.391. The molecule has 1 aromatic carbocycles. The van der Waals surface area contributed by atoms with Gasteiger partial charge in [-0.1, -0.05) is 12.2 Å². The smallest absolute Gasteiger partial charge is 0.191 e. The summed E-state index contributed by atoms with van der Waals surface area (Å²) in [4.78, 5) is 4.59. The molecule has 0 aromatic heterocycles. The Balaban J connectivity index is 2.72. The van der Waals surface area contributed by atoms with Crippen LogP contribution in [0.15, 0.2) is 35.3 Å². The lowest BCUT2D eigenvalue weighted by atomic mass is 10.2. The van der Waals surface area contributed by atoms with Gasteiger partial charge in [-0.25, -0.2) is 4.99 Å². The number of nitrogens with one attached hydrogen (secondary N) is 2. The Kier molecular flexibility index (Phi) is 8.57. The van der Waals surface area contributed by atoms with E-state index in [-0.39, 0.29) is 0 Å². The van der Waals surface area contributed by atoms with Crippen molar-refractivity contribution in [1.29, 1.82) is 0 Å². The van der Waals surface area contributed by atoms with E-state index >= 15 is 0 Å². The number of ether oxygens (including phenoxy) is 2. The molecular formula is C17H27N3O2. The van der Waals surface area contributed by atoms with Gasteiger partial charge < -0.3 is 20.1 Å². The number of aliphatic imine (C=N–C) groups is 1. The predicted molar refractivity (Wildman–Crippen MR) is 91.8 cm³/mol. The van der Waals surface area contributed by atoms with Gasteiger partial charge in [0.2, 0.25) is 0 Å². The molecule has 1 aromatic rings. The van der Waals surface area contributed by atoms with Crippen molar-refractivity contribution in [3.63, 3.8) is 0 Å². The van der Waals surface area contributed by atoms with Gasteiger partial charge in [0.25, 0.3) is 0 Å². The van der Waals surface area contributed by atoms with Crippen LogP contribution in [0.3, 0.4) is 0 Å². The van der Waals surface area contributed by atoms with E-state index in [2.05, 4.69) is 28.6 Å². The number of hydrogen-bond donors (Lipinski definition) is 2. The van der Waals surface area contributed by atoms with Crippen LogP contribution in [-0.4, -0.2) is 33.3 Å². The van der Waals surface area contributed by atoms with Gasteiger partial charge in [-0.15, -0.1) is 0 Å². The Bertz CT molecular complexity index is 499. The lowest BCUT2D eigenvalue weighted by Crippen LogP contribution is -2.37. The third kappa shape index (κ3) is 6.08. The lowest BCUT2D eigenvalue weighted by Gasteiger charge is -2.12. The summed E-state index contributed by atoms with van der Waals surface area (Å²) in [6.07, 6.45) is 5.16. The minimum atomic E-state index is 0.548. The molecule has 0 aliphatic rings. The Morgan fingerprint density at radius 2 is 2.05 bits per heavy atom. The summed E-state index contributed by atoms with van der Waals surface area (Å²) in [5.41, 5.74) is 1.02. The highest BCUT2D eigenvalue weighted by atomic mass is 16.5. The molecule has 5 nitrogen and oxygen atoms in total. The summed E-state index contributed by atoms with van der Waals surface area (Å²) < 4.78 is 10.6. The van der Waals surface area contributed by atoms with Gasteiger partial charge >= 0.3 is 0 Å². The number of rotatable bonds is 8. The van der Waals surface area contributed by atoms with Crippen LogP contribution in [0.5, 0.6) is 11.5 Å². The molecule has 22 heavy (non-hydrogen) atoms. The van der Waals surface area contributed by atoms with E-state index in [0.717, 1.165) is 42.5 Å². The van der Waals surface area contributed by atoms with Crippen molar-refractivity contribution in [2.45, 2.75) is 26.8 Å². The summed E-state index contributed by atoms with van der Waals surface area (Å²) in [5.74, 6) is 2.37. The molecule has 122 valence electrons. The molecule has 5 heteroatoms. The maximum absolute atomic E-state index is 5.39. The Morgan fingerprint density at radius 3 is 2.68 bits per heavy atom. The van der Waals surface area contributed by atoms with Crippen molar-refractivity contribution in [2.75, 3.05) is 27.3 Å². The summed E-state index contributed by atoms with van der Waals surface area (Å²) in [6, 6.07) is 5.77. The molecule has 0 aliphatic heterocycles. The average Bonchev–Trinajstić information content (AvgIpc) is 2.56. The maximum Gasteiger partial charge on any atom is 0.191 e. The van der Waals surface area contributed by atoms with Crippen LogP contribution in [-0.2, 0) is 6.54 Å². The normalized spacial score (nSPS) is 11.5. The number of allylic oxidation sites excluding steroid dienone is 1. The Labute approximate surface area is 133 Å². The largest absolute Gasteiger partial charge is 0.497 e. The maximum atomic E-state index is 5.39. The zero-order valence-corrected chi connectivity index (χ0v) is 14.0. The molecule has 0 spiro atoms. The standard InChI is InChI=1S/C17H27N3O2/c1-5-7-8-11-19-17(18-6-2)20-13-14-9-10-15(21-3)12-16(14)22-4/h5,7,9-10,12H,6,8,11,13H2,1-4H3,(H2,18,19,20). The van der Waals surface area contributed by atoms with E-state index in [4.69, 9.17) is 9.47 Å². The minimum absolute atomic E-state index is 0.548. The third-order valence-corrected chi connectivity index (χ3v) is 3.09. The zero-order valence-electron chi connectivity index (χ0n) is 14.0. The molecule has 0 aliphatic carbocycles. The van der Waals surface area contributed by atoms with Crippen molar-refractivity contribution >= 4 is 5.96 Å². The molecule has 0 fully saturated rings. The van der Waals surface area contributed by atoms with E-state index in [1.807, 2.05) is 31.2 Å². The van der Waals surface area contributed by atoms with Crippen LogP contribution < -0.4 is 20.1 Å². The van der Waals surface area contributed by atoms with Gasteiger partial charge in [-0.2, -0.15) is 0 Å². The molecule has 1 rings (SSSR count). The van der Waals surface area contributed by atoms with Crippen molar-refractivity contribution in [1.82, 2.24) is 10.6 Å². The minimum Gasteiger partial charge on any atom is -0.497 e. The fourth-order valence-electron chi connectivity index (χ4n) is 1.93. The highest BCUT2D eigenvalue weighted by Crippen LogP contribution is 2.25. The number of methoxy groups -OCH3 is 2. The molecule has 0 saturated carbocycles. The molecule has 0 amide bonds. The highest BCUT2D eigenvalue weighted by molar-refractivity contribution is 5.79. The molecule has 0 saturated heterocycles. The first kappa shape index (κ1) is 17.9. The fraction of sp³-hybridized carbons (Fsp3) is 0.471. The fourth-order valence-corrected chi connectivity index (χ4v) is 1.93. The average molecular weight is 305 g/mol. The van der Waals surface area contributed by atoms with Crippen LogP contribution in [0, 0.1) is 0 Å². The SMILES string of the molecule is CC=CCCNC(=NCc1ccc(OC)cc1OC)NCC. The second kappa shape index (κ2) is 10.5. The van der Waals surface area contributed by atoms with Crippen LogP contribution >= 0.6 is 0 Å². The molecular weight excluding hydrogens is 278 g/mol. The highest BCUT2D eigenvalue weighted by Gasteiger charge is 2.05. The third-order valence-electron chi connectivity index (χ3n) is 3.09. The number of benzene rings is 1. The van der Waals surface area contributed by atoms with Gasteiger partial charge in [0, 0.05) is 24.7 Å². The summed E-state index contributed by atoms with van der Waals surface area (Å²) in [6.45, 7) is 6.31. The van der Waals surface area contributed by atoms with Crippen LogP contribution in [0.4, 0.5) is 0 Å². The van der Waals surface area contributed by atoms with Crippen LogP contribution in [0.25, 0.3) is 0 Å². The van der Waals surface area contributed by atoms with Gasteiger partial charge in [-0.3, -0.25) is 0 Å². The first-order chi connectivity index (χ1) is 10.7. The number of hydrogen-bond acceptors (Lipinski definition) is 3. The van der Waals surface area contributed by atoms with Gasteiger partial charge in [0.1, 0.15) is 11.5 Å². The quantitative estimate of drug-likeness (QED) is 0.336. The van der Waals surface area contributed by atoms with E-state index in [0.29, 0.717) is 6.54 Å². The van der Waals surface area contributed by atoms with E-state index in [1.54, 1.807) is 14.2 Å². The first-order valence-electron chi connectivity index (χ1n) is 7.59. The summed E-state index contributed by atoms with van der Waals surface area (Å²) in [7, 11) is 3.30. The molecule has 2 N–H and O–H groups in total. The molecule has 0 bridgehead atoms. The van der Waals surface area contributed by atoms with E-state index in [1.165, 1.54) is 0 Å². The number of nitrogens with zero attached hydrogens (tertiary/aromatic N) is 1. The monoisotopic (exact) mass is 305 g/mol. The van der Waals surface area contributed by atoms with Crippen molar-refractivity contribution < 1.29 is 9.47 Å². The van der Waals surface area contributed by atoms with E-state index < -0.39 is 0 Å². The second-order valence-electron chi connectivity index (χ2n) is 4.66. The van der Waals surface area contributed by atoms with E-state index in [9.17, 15) is 0 Å². The summed E-state index contributed by atoms with van der Waals surface area (Å²) in [5, 5.41) is 6.55.